The van der Waals surface area contributed by atoms with Gasteiger partial charge in [0.2, 0.25) is 0 Å². The van der Waals surface area contributed by atoms with Gasteiger partial charge in [-0.1, -0.05) is 30.3 Å². The number of rotatable bonds is 5. The van der Waals surface area contributed by atoms with Crippen molar-refractivity contribution in [2.24, 2.45) is 0 Å². The normalized spacial score (nSPS) is 10.6. The van der Waals surface area contributed by atoms with Gasteiger partial charge in [-0.05, 0) is 36.4 Å². The molecule has 0 unspecified atom stereocenters. The molecule has 4 rings (SSSR count). The van der Waals surface area contributed by atoms with Crippen molar-refractivity contribution in [3.05, 3.63) is 73.1 Å². The lowest BCUT2D eigenvalue weighted by molar-refractivity contribution is -0.118. The fourth-order valence-electron chi connectivity index (χ4n) is 2.50. The molecule has 0 bridgehead atoms. The fraction of sp³-hybridized carbons (Fsp3) is 0.0526. The number of carbonyl (C=O) groups excluding carboxylic acids is 1. The zero-order valence-corrected chi connectivity index (χ0v) is 13.7. The average molecular weight is 345 g/mol. The van der Waals surface area contributed by atoms with Crippen molar-refractivity contribution < 1.29 is 9.53 Å². The number of anilines is 1. The lowest BCUT2D eigenvalue weighted by Gasteiger charge is -2.09. The van der Waals surface area contributed by atoms with Gasteiger partial charge in [0.05, 0.1) is 5.69 Å². The number of hydrogen-bond acceptors (Lipinski definition) is 5. The number of ether oxygens (including phenoxy) is 1. The molecule has 0 aliphatic rings. The zero-order valence-electron chi connectivity index (χ0n) is 13.7. The topological polar surface area (TPSA) is 81.4 Å². The molecule has 0 aliphatic heterocycles. The molecule has 1 N–H and O–H groups in total. The van der Waals surface area contributed by atoms with Gasteiger partial charge in [-0.2, -0.15) is 9.61 Å². The lowest BCUT2D eigenvalue weighted by atomic mass is 10.1. The van der Waals surface area contributed by atoms with E-state index in [0.29, 0.717) is 17.1 Å². The maximum atomic E-state index is 12.1. The monoisotopic (exact) mass is 345 g/mol. The Hall–Kier alpha value is -3.74. The molecule has 26 heavy (non-hydrogen) atoms. The van der Waals surface area contributed by atoms with Gasteiger partial charge in [0.25, 0.3) is 5.91 Å². The number of hydrogen-bond donors (Lipinski definition) is 1. The molecule has 1 amide bonds. The maximum absolute atomic E-state index is 12.1. The third-order valence-electron chi connectivity index (χ3n) is 3.72. The van der Waals surface area contributed by atoms with E-state index in [9.17, 15) is 4.79 Å². The Bertz CT molecular complexity index is 1050. The van der Waals surface area contributed by atoms with Crippen molar-refractivity contribution in [3.8, 4) is 17.0 Å². The first kappa shape index (κ1) is 15.8. The largest absolute Gasteiger partial charge is 0.484 e. The highest BCUT2D eigenvalue weighted by atomic mass is 16.5. The van der Waals surface area contributed by atoms with Crippen LogP contribution in [-0.2, 0) is 4.79 Å². The van der Waals surface area contributed by atoms with Crippen LogP contribution in [0.5, 0.6) is 5.75 Å². The van der Waals surface area contributed by atoms with E-state index in [1.807, 2.05) is 54.6 Å². The molecule has 0 saturated carbocycles. The molecule has 7 heteroatoms. The number of amides is 1. The van der Waals surface area contributed by atoms with Gasteiger partial charge >= 0.3 is 0 Å². The van der Waals surface area contributed by atoms with Gasteiger partial charge < -0.3 is 10.1 Å². The summed E-state index contributed by atoms with van der Waals surface area (Å²) in [4.78, 5) is 12.1. The van der Waals surface area contributed by atoms with E-state index in [2.05, 4.69) is 20.6 Å². The summed E-state index contributed by atoms with van der Waals surface area (Å²) in [6.07, 6.45) is 1.55. The summed E-state index contributed by atoms with van der Waals surface area (Å²) in [6, 6.07) is 20.4. The molecule has 4 aromatic rings. The van der Waals surface area contributed by atoms with Crippen LogP contribution in [0, 0.1) is 0 Å². The second kappa shape index (κ2) is 7.02. The third-order valence-corrected chi connectivity index (χ3v) is 3.72. The van der Waals surface area contributed by atoms with Crippen molar-refractivity contribution in [2.75, 3.05) is 11.9 Å². The Balaban J connectivity index is 1.46. The Labute approximate surface area is 149 Å². The van der Waals surface area contributed by atoms with Crippen molar-refractivity contribution in [3.63, 3.8) is 0 Å². The molecule has 0 radical (unpaired) electrons. The number of aromatic nitrogens is 4. The smallest absolute Gasteiger partial charge is 0.262 e. The van der Waals surface area contributed by atoms with E-state index in [-0.39, 0.29) is 12.5 Å². The second-order valence-corrected chi connectivity index (χ2v) is 5.58. The zero-order chi connectivity index (χ0) is 17.8. The third kappa shape index (κ3) is 3.51. The van der Waals surface area contributed by atoms with Crippen molar-refractivity contribution in [2.45, 2.75) is 0 Å². The molecule has 0 spiro atoms. The highest BCUT2D eigenvalue weighted by Gasteiger charge is 2.07. The Morgan fingerprint density at radius 2 is 1.92 bits per heavy atom. The summed E-state index contributed by atoms with van der Waals surface area (Å²) in [7, 11) is 0. The summed E-state index contributed by atoms with van der Waals surface area (Å²) in [5.41, 5.74) is 2.99. The molecular formula is C19H15N5O2. The van der Waals surface area contributed by atoms with E-state index in [0.717, 1.165) is 11.3 Å². The van der Waals surface area contributed by atoms with Crippen LogP contribution < -0.4 is 10.1 Å². The van der Waals surface area contributed by atoms with E-state index in [1.165, 1.54) is 0 Å². The van der Waals surface area contributed by atoms with Crippen molar-refractivity contribution >= 4 is 17.2 Å². The number of para-hydroxylation sites is 1. The van der Waals surface area contributed by atoms with Crippen LogP contribution in [0.15, 0.2) is 73.1 Å². The standard InChI is InChI=1S/C19H15N5O2/c25-19(12-26-16-7-2-1-3-8-16)21-15-6-4-5-14(11-15)17-9-10-18-22-20-13-24(18)23-17/h1-11,13H,12H2,(H,21,25). The Kier molecular flexibility index (Phi) is 4.26. The molecular weight excluding hydrogens is 330 g/mol. The quantitative estimate of drug-likeness (QED) is 0.601. The lowest BCUT2D eigenvalue weighted by Crippen LogP contribution is -2.20. The Morgan fingerprint density at radius 3 is 2.81 bits per heavy atom. The summed E-state index contributed by atoms with van der Waals surface area (Å²) in [6.45, 7) is -0.0564. The highest BCUT2D eigenvalue weighted by molar-refractivity contribution is 5.92. The van der Waals surface area contributed by atoms with Gasteiger partial charge in [-0.15, -0.1) is 10.2 Å². The molecule has 0 aliphatic carbocycles. The van der Waals surface area contributed by atoms with Crippen LogP contribution in [0.25, 0.3) is 16.9 Å². The molecule has 128 valence electrons. The summed E-state index contributed by atoms with van der Waals surface area (Å²) < 4.78 is 7.06. The predicted molar refractivity (Wildman–Crippen MR) is 96.8 cm³/mol. The van der Waals surface area contributed by atoms with Gasteiger partial charge in [0, 0.05) is 11.3 Å². The van der Waals surface area contributed by atoms with E-state index < -0.39 is 0 Å². The molecule has 2 heterocycles. The number of carbonyl (C=O) groups is 1. The molecule has 7 nitrogen and oxygen atoms in total. The first-order valence-electron chi connectivity index (χ1n) is 8.03. The fourth-order valence-corrected chi connectivity index (χ4v) is 2.50. The van der Waals surface area contributed by atoms with Crippen LogP contribution in [0.3, 0.4) is 0 Å². The van der Waals surface area contributed by atoms with Gasteiger partial charge in [0.15, 0.2) is 12.3 Å². The minimum Gasteiger partial charge on any atom is -0.484 e. The van der Waals surface area contributed by atoms with Crippen LogP contribution in [0.4, 0.5) is 5.69 Å². The van der Waals surface area contributed by atoms with E-state index in [1.54, 1.807) is 23.0 Å². The van der Waals surface area contributed by atoms with Crippen LogP contribution >= 0.6 is 0 Å². The molecule has 2 aromatic carbocycles. The van der Waals surface area contributed by atoms with Crippen molar-refractivity contribution in [1.82, 2.24) is 19.8 Å². The minimum absolute atomic E-state index is 0.0564. The first-order chi connectivity index (χ1) is 12.8. The van der Waals surface area contributed by atoms with E-state index >= 15 is 0 Å². The highest BCUT2D eigenvalue weighted by Crippen LogP contribution is 2.21. The van der Waals surface area contributed by atoms with Gasteiger partial charge in [0.1, 0.15) is 12.1 Å². The summed E-state index contributed by atoms with van der Waals surface area (Å²) in [5.74, 6) is 0.427. The Morgan fingerprint density at radius 1 is 1.04 bits per heavy atom. The minimum atomic E-state index is -0.228. The first-order valence-corrected chi connectivity index (χ1v) is 8.03. The van der Waals surface area contributed by atoms with Crippen LogP contribution in [-0.4, -0.2) is 32.3 Å². The molecule has 2 aromatic heterocycles. The van der Waals surface area contributed by atoms with E-state index in [4.69, 9.17) is 4.74 Å². The van der Waals surface area contributed by atoms with Crippen molar-refractivity contribution in [1.29, 1.82) is 0 Å². The number of nitrogens with zero attached hydrogens (tertiary/aromatic N) is 4. The predicted octanol–water partition coefficient (Wildman–Crippen LogP) is 2.81. The van der Waals surface area contributed by atoms with Gasteiger partial charge in [-0.3, -0.25) is 4.79 Å². The van der Waals surface area contributed by atoms with Crippen LogP contribution in [0.1, 0.15) is 0 Å². The van der Waals surface area contributed by atoms with Crippen LogP contribution in [0.2, 0.25) is 0 Å². The molecule has 0 fully saturated rings. The summed E-state index contributed by atoms with van der Waals surface area (Å²) >= 11 is 0. The molecule has 0 atom stereocenters. The average Bonchev–Trinajstić information content (AvgIpc) is 3.15. The second-order valence-electron chi connectivity index (χ2n) is 5.58. The maximum Gasteiger partial charge on any atom is 0.262 e. The number of nitrogens with one attached hydrogen (secondary N) is 1. The summed E-state index contributed by atoms with van der Waals surface area (Å²) in [5, 5.41) is 15.0. The van der Waals surface area contributed by atoms with Gasteiger partial charge in [-0.25, -0.2) is 0 Å². The number of benzene rings is 2. The number of fused-ring (bicyclic) bond motifs is 1. The molecule has 0 saturated heterocycles. The SMILES string of the molecule is O=C(COc1ccccc1)Nc1cccc(-c2ccc3nncn3n2)c1.